The number of amides is 1. The molecule has 0 radical (unpaired) electrons. The molecule has 21 heavy (non-hydrogen) atoms. The molecular weight excluding hydrogens is 266 g/mol. The minimum absolute atomic E-state index is 0.140. The van der Waals surface area contributed by atoms with Crippen molar-refractivity contribution in [1.82, 2.24) is 19.6 Å². The SMILES string of the molecule is Cc1cccc(N(C)C(=O)c2nc3nccc(C)n3n2)c1. The summed E-state index contributed by atoms with van der Waals surface area (Å²) in [5.74, 6) is 0.308. The number of hydrogen-bond acceptors (Lipinski definition) is 4. The van der Waals surface area contributed by atoms with E-state index in [1.54, 1.807) is 17.8 Å². The number of fused-ring (bicyclic) bond motifs is 1. The maximum atomic E-state index is 12.5. The third-order valence-corrected chi connectivity index (χ3v) is 3.31. The normalized spacial score (nSPS) is 10.8. The maximum absolute atomic E-state index is 12.5. The van der Waals surface area contributed by atoms with Crippen LogP contribution in [0, 0.1) is 13.8 Å². The highest BCUT2D eigenvalue weighted by Gasteiger charge is 2.19. The summed E-state index contributed by atoms with van der Waals surface area (Å²) >= 11 is 0. The lowest BCUT2D eigenvalue weighted by Crippen LogP contribution is -2.27. The van der Waals surface area contributed by atoms with Crippen LogP contribution < -0.4 is 4.90 Å². The van der Waals surface area contributed by atoms with Gasteiger partial charge in [-0.1, -0.05) is 12.1 Å². The molecule has 0 aliphatic carbocycles. The highest BCUT2D eigenvalue weighted by molar-refractivity contribution is 6.03. The van der Waals surface area contributed by atoms with Crippen molar-refractivity contribution in [2.75, 3.05) is 11.9 Å². The van der Waals surface area contributed by atoms with Crippen LogP contribution in [0.25, 0.3) is 5.78 Å². The lowest BCUT2D eigenvalue weighted by Gasteiger charge is -2.15. The van der Waals surface area contributed by atoms with Crippen LogP contribution in [0.5, 0.6) is 0 Å². The lowest BCUT2D eigenvalue weighted by molar-refractivity contribution is 0.0983. The van der Waals surface area contributed by atoms with Gasteiger partial charge in [-0.25, -0.2) is 9.50 Å². The number of benzene rings is 1. The summed E-state index contributed by atoms with van der Waals surface area (Å²) in [6, 6.07) is 9.54. The number of carbonyl (C=O) groups excluding carboxylic acids is 1. The third kappa shape index (κ3) is 2.35. The second-order valence-corrected chi connectivity index (χ2v) is 4.94. The summed E-state index contributed by atoms with van der Waals surface area (Å²) in [5, 5.41) is 4.23. The van der Waals surface area contributed by atoms with Crippen molar-refractivity contribution in [3.63, 3.8) is 0 Å². The molecule has 0 aliphatic heterocycles. The third-order valence-electron chi connectivity index (χ3n) is 3.31. The van der Waals surface area contributed by atoms with E-state index in [-0.39, 0.29) is 11.7 Å². The molecule has 0 saturated carbocycles. The first kappa shape index (κ1) is 13.2. The van der Waals surface area contributed by atoms with Crippen LogP contribution in [-0.4, -0.2) is 32.5 Å². The number of carbonyl (C=O) groups is 1. The van der Waals surface area contributed by atoms with Crippen LogP contribution in [0.15, 0.2) is 36.5 Å². The standard InChI is InChI=1S/C15H15N5O/c1-10-5-4-6-12(9-10)19(3)14(21)13-17-15-16-8-7-11(2)20(15)18-13/h4-9H,1-3H3. The molecule has 3 rings (SSSR count). The predicted octanol–water partition coefficient (Wildman–Crippen LogP) is 2.02. The van der Waals surface area contributed by atoms with Crippen LogP contribution in [0.4, 0.5) is 5.69 Å². The summed E-state index contributed by atoms with van der Waals surface area (Å²) in [6.45, 7) is 3.88. The number of nitrogens with zero attached hydrogens (tertiary/aromatic N) is 5. The second-order valence-electron chi connectivity index (χ2n) is 4.94. The Hall–Kier alpha value is -2.76. The van der Waals surface area contributed by atoms with Crippen LogP contribution >= 0.6 is 0 Å². The van der Waals surface area contributed by atoms with Crippen LogP contribution in [0.1, 0.15) is 21.9 Å². The monoisotopic (exact) mass is 281 g/mol. The molecule has 106 valence electrons. The highest BCUT2D eigenvalue weighted by Crippen LogP contribution is 2.16. The molecule has 1 amide bonds. The number of anilines is 1. The Morgan fingerprint density at radius 2 is 2.05 bits per heavy atom. The maximum Gasteiger partial charge on any atom is 0.297 e. The van der Waals surface area contributed by atoms with Crippen molar-refractivity contribution >= 4 is 17.4 Å². The Morgan fingerprint density at radius 3 is 2.76 bits per heavy atom. The number of aryl methyl sites for hydroxylation is 2. The Bertz CT molecular complexity index is 824. The molecular formula is C15H15N5O. The lowest BCUT2D eigenvalue weighted by atomic mass is 10.2. The van der Waals surface area contributed by atoms with Crippen molar-refractivity contribution in [3.8, 4) is 0 Å². The second kappa shape index (κ2) is 4.97. The Morgan fingerprint density at radius 1 is 1.24 bits per heavy atom. The van der Waals surface area contributed by atoms with E-state index < -0.39 is 0 Å². The van der Waals surface area contributed by atoms with Gasteiger partial charge in [-0.3, -0.25) is 4.79 Å². The first-order valence-electron chi connectivity index (χ1n) is 6.59. The topological polar surface area (TPSA) is 63.4 Å². The van der Waals surface area contributed by atoms with E-state index in [0.29, 0.717) is 5.78 Å². The van der Waals surface area contributed by atoms with Gasteiger partial charge in [-0.2, -0.15) is 4.98 Å². The van der Waals surface area contributed by atoms with Gasteiger partial charge >= 0.3 is 0 Å². The largest absolute Gasteiger partial charge is 0.309 e. The average molecular weight is 281 g/mol. The molecule has 3 aromatic rings. The van der Waals surface area contributed by atoms with Crippen molar-refractivity contribution in [3.05, 3.63) is 53.6 Å². The fourth-order valence-corrected chi connectivity index (χ4v) is 2.10. The quantitative estimate of drug-likeness (QED) is 0.721. The molecule has 0 bridgehead atoms. The van der Waals surface area contributed by atoms with Crippen LogP contribution in [0.2, 0.25) is 0 Å². The van der Waals surface area contributed by atoms with Gasteiger partial charge in [-0.15, -0.1) is 5.10 Å². The summed E-state index contributed by atoms with van der Waals surface area (Å²) in [4.78, 5) is 22.3. The molecule has 0 N–H and O–H groups in total. The van der Waals surface area contributed by atoms with E-state index in [2.05, 4.69) is 15.1 Å². The summed E-state index contributed by atoms with van der Waals surface area (Å²) in [7, 11) is 1.71. The van der Waals surface area contributed by atoms with Gasteiger partial charge in [0.25, 0.3) is 11.7 Å². The van der Waals surface area contributed by atoms with Crippen molar-refractivity contribution in [2.45, 2.75) is 13.8 Å². The first-order valence-corrected chi connectivity index (χ1v) is 6.59. The van der Waals surface area contributed by atoms with Gasteiger partial charge in [0.05, 0.1) is 0 Å². The van der Waals surface area contributed by atoms with Gasteiger partial charge in [0, 0.05) is 24.6 Å². The zero-order chi connectivity index (χ0) is 15.0. The van der Waals surface area contributed by atoms with Crippen molar-refractivity contribution in [1.29, 1.82) is 0 Å². The fraction of sp³-hybridized carbons (Fsp3) is 0.200. The molecule has 6 nitrogen and oxygen atoms in total. The van der Waals surface area contributed by atoms with Gasteiger partial charge in [0.15, 0.2) is 0 Å². The molecule has 0 aliphatic rings. The van der Waals surface area contributed by atoms with Gasteiger partial charge in [0.2, 0.25) is 5.82 Å². The van der Waals surface area contributed by atoms with E-state index in [0.717, 1.165) is 16.9 Å². The molecule has 0 unspecified atom stereocenters. The van der Waals surface area contributed by atoms with E-state index >= 15 is 0 Å². The molecule has 1 aromatic carbocycles. The minimum atomic E-state index is -0.259. The molecule has 6 heteroatoms. The van der Waals surface area contributed by atoms with E-state index in [4.69, 9.17) is 0 Å². The average Bonchev–Trinajstić information content (AvgIpc) is 2.91. The molecule has 0 atom stereocenters. The van der Waals surface area contributed by atoms with Crippen molar-refractivity contribution < 1.29 is 4.79 Å². The molecule has 2 aromatic heterocycles. The first-order chi connectivity index (χ1) is 10.1. The molecule has 2 heterocycles. The summed E-state index contributed by atoms with van der Waals surface area (Å²) in [6.07, 6.45) is 1.65. The Labute approximate surface area is 122 Å². The van der Waals surface area contributed by atoms with E-state index in [1.807, 2.05) is 44.2 Å². The summed E-state index contributed by atoms with van der Waals surface area (Å²) < 4.78 is 1.57. The van der Waals surface area contributed by atoms with Gasteiger partial charge in [0.1, 0.15) is 0 Å². The van der Waals surface area contributed by atoms with Gasteiger partial charge < -0.3 is 4.90 Å². The van der Waals surface area contributed by atoms with Gasteiger partial charge in [-0.05, 0) is 37.6 Å². The molecule has 0 spiro atoms. The van der Waals surface area contributed by atoms with E-state index in [1.165, 1.54) is 4.90 Å². The highest BCUT2D eigenvalue weighted by atomic mass is 16.2. The minimum Gasteiger partial charge on any atom is -0.309 e. The molecule has 0 saturated heterocycles. The zero-order valence-electron chi connectivity index (χ0n) is 12.1. The summed E-state index contributed by atoms with van der Waals surface area (Å²) in [5.41, 5.74) is 2.78. The molecule has 0 fully saturated rings. The predicted molar refractivity (Wildman–Crippen MR) is 79.4 cm³/mol. The van der Waals surface area contributed by atoms with Crippen molar-refractivity contribution in [2.24, 2.45) is 0 Å². The smallest absolute Gasteiger partial charge is 0.297 e. The fourth-order valence-electron chi connectivity index (χ4n) is 2.10. The number of rotatable bonds is 2. The zero-order valence-corrected chi connectivity index (χ0v) is 12.1. The van der Waals surface area contributed by atoms with Crippen LogP contribution in [0.3, 0.4) is 0 Å². The Balaban J connectivity index is 1.98. The number of hydrogen-bond donors (Lipinski definition) is 0. The number of aromatic nitrogens is 4. The van der Waals surface area contributed by atoms with E-state index in [9.17, 15) is 4.79 Å². The Kier molecular flexibility index (Phi) is 3.13. The van der Waals surface area contributed by atoms with Crippen LogP contribution in [-0.2, 0) is 0 Å².